The number of unbranched alkanes of at least 4 members (excludes halogenated alkanes) is 3. The molecule has 0 bridgehead atoms. The average molecular weight is 359 g/mol. The molecule has 2 heteroatoms. The van der Waals surface area contributed by atoms with Gasteiger partial charge in [-0.25, -0.2) is 0 Å². The Kier molecular flexibility index (Phi) is 12.3. The predicted molar refractivity (Wildman–Crippen MR) is 84.3 cm³/mol. The molecule has 0 saturated carbocycles. The molecule has 0 rings (SSSR count). The van der Waals surface area contributed by atoms with E-state index in [1.54, 1.807) is 0 Å². The summed E-state index contributed by atoms with van der Waals surface area (Å²) in [6, 6.07) is 0. The Morgan fingerprint density at radius 3 is 1.56 bits per heavy atom. The van der Waals surface area contributed by atoms with E-state index in [0.29, 0.717) is 0 Å². The summed E-state index contributed by atoms with van der Waals surface area (Å²) in [6.45, 7) is 9.64. The van der Waals surface area contributed by atoms with E-state index in [-0.39, 0.29) is 0 Å². The van der Waals surface area contributed by atoms with Crippen LogP contribution in [0.5, 0.6) is 0 Å². The topological polar surface area (TPSA) is 9.23 Å². The van der Waals surface area contributed by atoms with Gasteiger partial charge in [0.25, 0.3) is 0 Å². The fourth-order valence-electron chi connectivity index (χ4n) is 2.32. The first-order valence-electron chi connectivity index (χ1n) is 7.88. The molecule has 18 heavy (non-hydrogen) atoms. The van der Waals surface area contributed by atoms with Crippen LogP contribution in [0.25, 0.3) is 0 Å². The molecule has 0 radical (unpaired) electrons. The van der Waals surface area contributed by atoms with Crippen LogP contribution >= 0.6 is 0 Å². The maximum atomic E-state index is 5.32. The molecule has 0 fully saturated rings. The summed E-state index contributed by atoms with van der Waals surface area (Å²) in [5, 5.41) is 0. The molecule has 0 aromatic rings. The van der Waals surface area contributed by atoms with Gasteiger partial charge in [-0.05, 0) is 0 Å². The zero-order valence-corrected chi connectivity index (χ0v) is 15.8. The monoisotopic (exact) mass is 360 g/mol. The van der Waals surface area contributed by atoms with Crippen LogP contribution < -0.4 is 0 Å². The zero-order valence-electron chi connectivity index (χ0n) is 13.0. The van der Waals surface area contributed by atoms with Crippen molar-refractivity contribution in [3.8, 4) is 10.0 Å². The van der Waals surface area contributed by atoms with Gasteiger partial charge in [0.2, 0.25) is 0 Å². The van der Waals surface area contributed by atoms with Crippen molar-refractivity contribution in [2.75, 3.05) is 6.61 Å². The van der Waals surface area contributed by atoms with E-state index in [2.05, 4.69) is 30.8 Å². The van der Waals surface area contributed by atoms with Crippen LogP contribution in [-0.4, -0.2) is 25.0 Å². The molecular formula is C16H32OSn. The van der Waals surface area contributed by atoms with Crippen LogP contribution in [0.15, 0.2) is 0 Å². The number of rotatable bonds is 10. The van der Waals surface area contributed by atoms with Crippen LogP contribution in [-0.2, 0) is 4.74 Å². The van der Waals surface area contributed by atoms with E-state index in [1.165, 1.54) is 51.8 Å². The number of hydrogen-bond donors (Lipinski definition) is 0. The third-order valence-corrected chi connectivity index (χ3v) is 16.6. The molecule has 0 aliphatic rings. The first-order chi connectivity index (χ1) is 8.74. The fraction of sp³-hybridized carbons (Fsp3) is 0.875. The molecule has 0 amide bonds. The minimum absolute atomic E-state index is 0.726. The normalized spacial score (nSPS) is 10.9. The summed E-state index contributed by atoms with van der Waals surface area (Å²) in [4.78, 5) is 0. The average Bonchev–Trinajstić information content (AvgIpc) is 2.40. The van der Waals surface area contributed by atoms with Crippen LogP contribution in [0.2, 0.25) is 13.3 Å². The quantitative estimate of drug-likeness (QED) is 0.376. The molecule has 0 heterocycles. The van der Waals surface area contributed by atoms with Gasteiger partial charge < -0.3 is 0 Å². The van der Waals surface area contributed by atoms with Gasteiger partial charge in [0.05, 0.1) is 0 Å². The molecule has 0 aromatic carbocycles. The molecule has 1 nitrogen and oxygen atoms in total. The van der Waals surface area contributed by atoms with Crippen molar-refractivity contribution in [1.29, 1.82) is 0 Å². The molecule has 106 valence electrons. The second-order valence-corrected chi connectivity index (χ2v) is 17.6. The summed E-state index contributed by atoms with van der Waals surface area (Å²) in [7, 11) is 0. The molecular weight excluding hydrogens is 327 g/mol. The van der Waals surface area contributed by atoms with Crippen LogP contribution in [0, 0.1) is 10.0 Å². The van der Waals surface area contributed by atoms with Gasteiger partial charge in [0.15, 0.2) is 0 Å². The van der Waals surface area contributed by atoms with Gasteiger partial charge in [-0.15, -0.1) is 0 Å². The van der Waals surface area contributed by atoms with Crippen molar-refractivity contribution in [2.24, 2.45) is 0 Å². The summed E-state index contributed by atoms with van der Waals surface area (Å²) >= 11 is -2.20. The Morgan fingerprint density at radius 2 is 1.22 bits per heavy atom. The van der Waals surface area contributed by atoms with Gasteiger partial charge in [0.1, 0.15) is 0 Å². The van der Waals surface area contributed by atoms with Gasteiger partial charge in [-0.1, -0.05) is 0 Å². The SMILES string of the molecule is CCC[CH2][Sn]([C]#COCC)([CH2]CCC)[CH2]CCC. The summed E-state index contributed by atoms with van der Waals surface area (Å²) in [6.07, 6.45) is 11.1. The zero-order chi connectivity index (χ0) is 13.7. The molecule has 0 unspecified atom stereocenters. The minimum atomic E-state index is -2.20. The van der Waals surface area contributed by atoms with E-state index in [1.807, 2.05) is 6.92 Å². The van der Waals surface area contributed by atoms with E-state index in [4.69, 9.17) is 4.74 Å². The fourth-order valence-corrected chi connectivity index (χ4v) is 15.2. The Morgan fingerprint density at radius 1 is 0.778 bits per heavy atom. The van der Waals surface area contributed by atoms with Crippen LogP contribution in [0.4, 0.5) is 0 Å². The summed E-state index contributed by atoms with van der Waals surface area (Å²) in [5.74, 6) is 0. The molecule has 0 aliphatic carbocycles. The van der Waals surface area contributed by atoms with E-state index in [0.717, 1.165) is 6.61 Å². The van der Waals surface area contributed by atoms with Crippen LogP contribution in [0.1, 0.15) is 66.2 Å². The number of hydrogen-bond acceptors (Lipinski definition) is 1. The Hall–Kier alpha value is 0.159. The molecule has 0 spiro atoms. The standard InChI is InChI=1S/C4H5O.3C4H9.Sn/c1-3-5-4-2;3*1-3-4-2;/h3H2,1H3;3*1,3-4H2,2H3;. The van der Waals surface area contributed by atoms with Gasteiger partial charge in [-0.3, -0.25) is 0 Å². The molecule has 0 atom stereocenters. The third kappa shape index (κ3) is 8.29. The van der Waals surface area contributed by atoms with Gasteiger partial charge >= 0.3 is 119 Å². The Labute approximate surface area is 119 Å². The third-order valence-electron chi connectivity index (χ3n) is 3.56. The Bertz CT molecular complexity index is 217. The summed E-state index contributed by atoms with van der Waals surface area (Å²) in [5.41, 5.74) is 0. The summed E-state index contributed by atoms with van der Waals surface area (Å²) < 4.78 is 13.3. The first-order valence-corrected chi connectivity index (χ1v) is 15.4. The molecule has 0 saturated heterocycles. The van der Waals surface area contributed by atoms with Crippen molar-refractivity contribution < 1.29 is 4.74 Å². The second-order valence-electron chi connectivity index (χ2n) is 5.25. The predicted octanol–water partition coefficient (Wildman–Crippen LogP) is 5.37. The Balaban J connectivity index is 4.69. The molecule has 0 aliphatic heterocycles. The van der Waals surface area contributed by atoms with Gasteiger partial charge in [-0.2, -0.15) is 0 Å². The van der Waals surface area contributed by atoms with Crippen molar-refractivity contribution in [1.82, 2.24) is 0 Å². The van der Waals surface area contributed by atoms with E-state index < -0.39 is 18.4 Å². The first kappa shape index (κ1) is 18.2. The van der Waals surface area contributed by atoms with Gasteiger partial charge in [0, 0.05) is 0 Å². The van der Waals surface area contributed by atoms with E-state index in [9.17, 15) is 0 Å². The van der Waals surface area contributed by atoms with Crippen LogP contribution in [0.3, 0.4) is 0 Å². The second kappa shape index (κ2) is 12.2. The van der Waals surface area contributed by atoms with E-state index >= 15 is 0 Å². The van der Waals surface area contributed by atoms with Crippen molar-refractivity contribution in [3.05, 3.63) is 0 Å². The molecule has 0 aromatic heterocycles. The molecule has 0 N–H and O–H groups in total. The van der Waals surface area contributed by atoms with Crippen molar-refractivity contribution in [2.45, 2.75) is 79.5 Å². The van der Waals surface area contributed by atoms with Crippen molar-refractivity contribution >= 4 is 18.4 Å². The number of ether oxygens (including phenoxy) is 1. The maximum absolute atomic E-state index is 5.32. The van der Waals surface area contributed by atoms with Crippen molar-refractivity contribution in [3.63, 3.8) is 0 Å².